The highest BCUT2D eigenvalue weighted by atomic mass is 32.2. The number of pyridine rings is 1. The Labute approximate surface area is 257 Å². The molecule has 1 fully saturated rings. The number of nitrogens with one attached hydrogen (secondary N) is 1. The number of sulfonamides is 1. The predicted octanol–water partition coefficient (Wildman–Crippen LogP) is 0.0425. The van der Waals surface area contributed by atoms with Crippen molar-refractivity contribution in [3.63, 3.8) is 0 Å². The number of amides is 1. The van der Waals surface area contributed by atoms with Crippen molar-refractivity contribution in [2.24, 2.45) is 5.14 Å². The zero-order valence-electron chi connectivity index (χ0n) is 24.8. The molecule has 0 bridgehead atoms. The van der Waals surface area contributed by atoms with Crippen molar-refractivity contribution < 1.29 is 26.4 Å². The maximum Gasteiger partial charge on any atom is 0.537 e. The fourth-order valence-corrected chi connectivity index (χ4v) is 5.50. The number of carbonyl (C=O) groups is 1. The third-order valence-corrected chi connectivity index (χ3v) is 8.38. The molecule has 0 saturated carbocycles. The van der Waals surface area contributed by atoms with E-state index >= 15 is 0 Å². The van der Waals surface area contributed by atoms with E-state index in [1.165, 1.54) is 29.1 Å². The van der Waals surface area contributed by atoms with Crippen LogP contribution < -0.4 is 35.3 Å². The molecule has 2 aliphatic rings. The largest absolute Gasteiger partial charge is 0.537 e. The maximum atomic E-state index is 14.0. The predicted molar refractivity (Wildman–Crippen MR) is 163 cm³/mol. The van der Waals surface area contributed by atoms with Gasteiger partial charge in [-0.05, 0) is 46.1 Å². The Hall–Kier alpha value is -4.58. The Balaban J connectivity index is 1.43. The number of nitrogens with two attached hydrogens (primary N) is 1. The van der Waals surface area contributed by atoms with Gasteiger partial charge in [0.15, 0.2) is 0 Å². The number of rotatable bonds is 6. The average Bonchev–Trinajstić information content (AvgIpc) is 3.38. The molecule has 234 valence electrons. The molecule has 1 amide bonds. The van der Waals surface area contributed by atoms with E-state index < -0.39 is 27.7 Å². The number of aromatic nitrogens is 1. The zero-order chi connectivity index (χ0) is 32.5. The molecular weight excluding hydrogens is 609 g/mol. The molecule has 0 radical (unpaired) electrons. The monoisotopic (exact) mass is 640 g/mol. The van der Waals surface area contributed by atoms with Gasteiger partial charge in [0.1, 0.15) is 10.7 Å². The van der Waals surface area contributed by atoms with Gasteiger partial charge in [-0.25, -0.2) is 18.5 Å². The summed E-state index contributed by atoms with van der Waals surface area (Å²) in [6, 6.07) is 13.0. The van der Waals surface area contributed by atoms with Crippen LogP contribution in [0.15, 0.2) is 53.6 Å². The minimum Gasteiger partial charge on any atom is -0.377 e. The van der Waals surface area contributed by atoms with Crippen LogP contribution in [0, 0.1) is 12.0 Å². The second kappa shape index (κ2) is 12.4. The van der Waals surface area contributed by atoms with Gasteiger partial charge in [-0.1, -0.05) is 6.07 Å². The van der Waals surface area contributed by atoms with Crippen molar-refractivity contribution in [2.45, 2.75) is 17.6 Å². The van der Waals surface area contributed by atoms with Crippen LogP contribution in [0.25, 0.3) is 0 Å². The lowest BCUT2D eigenvalue weighted by Crippen LogP contribution is -2.44. The summed E-state index contributed by atoms with van der Waals surface area (Å²) >= 11 is 0. The number of fused-ring (bicyclic) bond motifs is 1. The van der Waals surface area contributed by atoms with Crippen molar-refractivity contribution >= 4 is 33.8 Å². The molecular formula is C30H31F3N8O3S+2. The molecule has 11 nitrogen and oxygen atoms in total. The Kier molecular flexibility index (Phi) is 8.79. The van der Waals surface area contributed by atoms with E-state index in [0.717, 1.165) is 31.0 Å². The van der Waals surface area contributed by atoms with E-state index in [1.807, 2.05) is 49.1 Å². The fraction of sp³-hybridized carbons (Fsp3) is 0.300. The number of hydrogen-bond acceptors (Lipinski definition) is 7. The first-order valence-electron chi connectivity index (χ1n) is 13.8. The normalized spacial score (nSPS) is 15.2. The van der Waals surface area contributed by atoms with Crippen LogP contribution in [0.2, 0.25) is 0 Å². The maximum absolute atomic E-state index is 14.0. The molecule has 0 spiro atoms. The summed E-state index contributed by atoms with van der Waals surface area (Å²) in [4.78, 5) is 22.6. The van der Waals surface area contributed by atoms with E-state index in [9.17, 15) is 26.4 Å². The van der Waals surface area contributed by atoms with Crippen LogP contribution >= 0.6 is 0 Å². The molecule has 3 N–H and O–H groups in total. The number of hydrogen-bond donors (Lipinski definition) is 2. The van der Waals surface area contributed by atoms with Crippen LogP contribution in [0.4, 0.5) is 24.7 Å². The van der Waals surface area contributed by atoms with Crippen molar-refractivity contribution in [3.8, 4) is 12.0 Å². The lowest BCUT2D eigenvalue weighted by molar-refractivity contribution is -0.138. The highest BCUT2D eigenvalue weighted by Crippen LogP contribution is 2.33. The number of anilines is 2. The average molecular weight is 641 g/mol. The van der Waals surface area contributed by atoms with E-state index in [1.54, 1.807) is 0 Å². The smallest absolute Gasteiger partial charge is 0.377 e. The van der Waals surface area contributed by atoms with Crippen LogP contribution in [-0.2, 0) is 22.7 Å². The van der Waals surface area contributed by atoms with Crippen LogP contribution in [0.5, 0.6) is 0 Å². The van der Waals surface area contributed by atoms with Crippen LogP contribution in [-0.4, -0.2) is 82.8 Å². The molecule has 0 unspecified atom stereocenters. The van der Waals surface area contributed by atoms with Gasteiger partial charge in [0, 0.05) is 70.1 Å². The summed E-state index contributed by atoms with van der Waals surface area (Å²) in [6.45, 7) is 2.88. The number of halogens is 3. The number of piperazine rings is 1. The number of nitrogens with zero attached hydrogens (tertiary/aromatic N) is 6. The SMILES string of the molecule is CN1CCN(Cc2ccc(C(=O)Nc3cc(C#C[N+]4=c5ccc(N(C)C)cc5=[N+]=C4)c(S(N)(=O)=O)cn3)cc2C(F)(F)F)CC1. The molecule has 0 aliphatic carbocycles. The van der Waals surface area contributed by atoms with Gasteiger partial charge in [-0.3, -0.25) is 9.69 Å². The Bertz CT molecular complexity index is 2010. The first-order chi connectivity index (χ1) is 21.2. The standard InChI is InChI=1S/C30H30F3N8O3S/c1-38(2)23-6-7-26-25(16-23)36-19-41(26)9-8-20-15-28(35-17-27(20)45(34,43)44)37-29(42)21-4-5-22(24(14-21)30(31,32)33)18-40-12-10-39(3)11-13-40/h4-7,14-17,19H,10-13,18H2,1-3H3,(H2-,34,35,37,42,43,44)/q+1/p+1. The van der Waals surface area contributed by atoms with Crippen LogP contribution in [0.3, 0.4) is 0 Å². The molecule has 1 aromatic heterocycles. The van der Waals surface area contributed by atoms with E-state index in [4.69, 9.17) is 5.14 Å². The number of likely N-dealkylation sites (N-methyl/N-ethyl adjacent to an activating group) is 1. The van der Waals surface area contributed by atoms with Gasteiger partial charge in [0.25, 0.3) is 5.91 Å². The fourth-order valence-electron chi connectivity index (χ4n) is 4.88. The highest BCUT2D eigenvalue weighted by molar-refractivity contribution is 7.89. The lowest BCUT2D eigenvalue weighted by Gasteiger charge is -2.33. The molecule has 2 aliphatic heterocycles. The number of benzene rings is 2. The number of primary sulfonamides is 1. The third kappa shape index (κ3) is 7.39. The van der Waals surface area contributed by atoms with Gasteiger partial charge in [-0.15, -0.1) is 0 Å². The molecule has 0 atom stereocenters. The van der Waals surface area contributed by atoms with Crippen LogP contribution in [0.1, 0.15) is 27.0 Å². The minimum absolute atomic E-state index is 0.0711. The quantitative estimate of drug-likeness (QED) is 0.221. The van der Waals surface area contributed by atoms with E-state index in [-0.39, 0.29) is 33.9 Å². The first-order valence-corrected chi connectivity index (χ1v) is 15.4. The summed E-state index contributed by atoms with van der Waals surface area (Å²) in [5.41, 5.74) is -0.214. The number of carbonyl (C=O) groups excluding carboxylic acids is 1. The summed E-state index contributed by atoms with van der Waals surface area (Å²) in [6.07, 6.45) is -2.27. The molecule has 3 heterocycles. The van der Waals surface area contributed by atoms with Crippen molar-refractivity contribution in [2.75, 3.05) is 57.5 Å². The number of alkyl halides is 3. The topological polar surface area (TPSA) is 129 Å². The van der Waals surface area contributed by atoms with Gasteiger partial charge in [0.2, 0.25) is 16.1 Å². The van der Waals surface area contributed by atoms with E-state index in [0.29, 0.717) is 23.8 Å². The van der Waals surface area contributed by atoms with Gasteiger partial charge >= 0.3 is 23.2 Å². The summed E-state index contributed by atoms with van der Waals surface area (Å²) in [7, 11) is 1.49. The Morgan fingerprint density at radius 2 is 1.87 bits per heavy atom. The minimum atomic E-state index is -4.68. The van der Waals surface area contributed by atoms with Gasteiger partial charge in [0.05, 0.1) is 23.4 Å². The second-order valence-corrected chi connectivity index (χ2v) is 12.5. The molecule has 5 rings (SSSR count). The molecule has 3 aromatic rings. The van der Waals surface area contributed by atoms with E-state index in [2.05, 4.69) is 31.8 Å². The molecule has 15 heteroatoms. The second-order valence-electron chi connectivity index (χ2n) is 10.9. The molecule has 45 heavy (non-hydrogen) atoms. The third-order valence-electron chi connectivity index (χ3n) is 7.44. The summed E-state index contributed by atoms with van der Waals surface area (Å²) < 4.78 is 72.4. The zero-order valence-corrected chi connectivity index (χ0v) is 25.6. The molecule has 2 aromatic carbocycles. The van der Waals surface area contributed by atoms with Gasteiger partial charge < -0.3 is 15.1 Å². The summed E-state index contributed by atoms with van der Waals surface area (Å²) in [5, 5.41) is 9.15. The lowest BCUT2D eigenvalue weighted by atomic mass is 10.0. The Morgan fingerprint density at radius 1 is 1.13 bits per heavy atom. The summed E-state index contributed by atoms with van der Waals surface area (Å²) in [5.74, 6) is 1.75. The first kappa shape index (κ1) is 31.8. The van der Waals surface area contributed by atoms with Crippen molar-refractivity contribution in [3.05, 3.63) is 81.6 Å². The highest BCUT2D eigenvalue weighted by Gasteiger charge is 2.35. The Morgan fingerprint density at radius 3 is 2.53 bits per heavy atom. The van der Waals surface area contributed by atoms with Crippen molar-refractivity contribution in [1.29, 1.82) is 0 Å². The molecule has 1 saturated heterocycles. The van der Waals surface area contributed by atoms with Gasteiger partial charge in [-0.2, -0.15) is 13.2 Å². The van der Waals surface area contributed by atoms with Crippen molar-refractivity contribution in [1.82, 2.24) is 24.0 Å².